The summed E-state index contributed by atoms with van der Waals surface area (Å²) >= 11 is 0. The van der Waals surface area contributed by atoms with Gasteiger partial charge in [0.2, 0.25) is 5.91 Å². The number of hydrogen-bond acceptors (Lipinski definition) is 3. The Morgan fingerprint density at radius 3 is 2.67 bits per heavy atom. The van der Waals surface area contributed by atoms with Crippen LogP contribution in [0, 0.1) is 5.92 Å². The molecule has 4 nitrogen and oxygen atoms in total. The van der Waals surface area contributed by atoms with E-state index in [1.54, 1.807) is 0 Å². The molecule has 3 atom stereocenters. The van der Waals surface area contributed by atoms with Gasteiger partial charge in [-0.05, 0) is 64.0 Å². The van der Waals surface area contributed by atoms with Gasteiger partial charge in [-0.3, -0.25) is 9.69 Å². The Kier molecular flexibility index (Phi) is 4.55. The fraction of sp³-hybridized carbons (Fsp3) is 0.941. The van der Waals surface area contributed by atoms with Crippen LogP contribution in [-0.2, 0) is 4.79 Å². The van der Waals surface area contributed by atoms with Gasteiger partial charge >= 0.3 is 0 Å². The fourth-order valence-corrected chi connectivity index (χ4v) is 5.23. The third kappa shape index (κ3) is 2.85. The molecule has 1 heterocycles. The number of likely N-dealkylation sites (tertiary alicyclic amines) is 1. The number of nitrogens with one attached hydrogen (secondary N) is 1. The first-order valence-corrected chi connectivity index (χ1v) is 8.97. The maximum atomic E-state index is 12.0. The van der Waals surface area contributed by atoms with Crippen LogP contribution in [0.4, 0.5) is 0 Å². The van der Waals surface area contributed by atoms with Crippen LogP contribution < -0.4 is 11.1 Å². The normalized spacial score (nSPS) is 38.3. The van der Waals surface area contributed by atoms with Crippen LogP contribution in [-0.4, -0.2) is 41.5 Å². The molecule has 3 rings (SSSR count). The van der Waals surface area contributed by atoms with Gasteiger partial charge in [0.05, 0.1) is 5.54 Å². The molecule has 3 N–H and O–H groups in total. The predicted molar refractivity (Wildman–Crippen MR) is 84.9 cm³/mol. The molecule has 0 radical (unpaired) electrons. The lowest BCUT2D eigenvalue weighted by Gasteiger charge is -2.35. The molecule has 120 valence electrons. The average molecular weight is 293 g/mol. The molecule has 1 aliphatic heterocycles. The highest BCUT2D eigenvalue weighted by molar-refractivity contribution is 5.85. The largest absolute Gasteiger partial charge is 0.368 e. The maximum Gasteiger partial charge on any atom is 0.237 e. The molecule has 21 heavy (non-hydrogen) atoms. The predicted octanol–water partition coefficient (Wildman–Crippen LogP) is 2.03. The highest BCUT2D eigenvalue weighted by atomic mass is 16.1. The van der Waals surface area contributed by atoms with Crippen molar-refractivity contribution in [2.45, 2.75) is 82.3 Å². The highest BCUT2D eigenvalue weighted by Crippen LogP contribution is 2.41. The number of rotatable bonds is 5. The Morgan fingerprint density at radius 2 is 2.00 bits per heavy atom. The van der Waals surface area contributed by atoms with Crippen molar-refractivity contribution in [3.63, 3.8) is 0 Å². The van der Waals surface area contributed by atoms with Crippen LogP contribution in [0.1, 0.15) is 64.7 Å². The number of hydrogen-bond donors (Lipinski definition) is 2. The molecule has 4 heteroatoms. The third-order valence-corrected chi connectivity index (χ3v) is 6.23. The monoisotopic (exact) mass is 293 g/mol. The molecule has 0 spiro atoms. The lowest BCUT2D eigenvalue weighted by Crippen LogP contribution is -2.55. The zero-order valence-corrected chi connectivity index (χ0v) is 13.4. The Morgan fingerprint density at radius 1 is 1.24 bits per heavy atom. The molecule has 3 unspecified atom stereocenters. The molecular formula is C17H31N3O. The summed E-state index contributed by atoms with van der Waals surface area (Å²) in [6.45, 7) is 4.11. The van der Waals surface area contributed by atoms with E-state index < -0.39 is 5.54 Å². The fourth-order valence-electron chi connectivity index (χ4n) is 5.23. The van der Waals surface area contributed by atoms with Gasteiger partial charge in [-0.15, -0.1) is 0 Å². The second kappa shape index (κ2) is 6.25. The summed E-state index contributed by atoms with van der Waals surface area (Å²) in [5, 5.41) is 3.39. The van der Waals surface area contributed by atoms with Crippen molar-refractivity contribution in [1.82, 2.24) is 10.2 Å². The van der Waals surface area contributed by atoms with E-state index in [-0.39, 0.29) is 5.91 Å². The molecule has 0 aromatic carbocycles. The summed E-state index contributed by atoms with van der Waals surface area (Å²) in [4.78, 5) is 14.7. The SMILES string of the molecule is CCNC1(C(N)=O)CCC(N2CCCC2C2CCCC2)C1. The Balaban J connectivity index is 1.68. The number of amides is 1. The Labute approximate surface area is 128 Å². The first kappa shape index (κ1) is 15.3. The van der Waals surface area contributed by atoms with Gasteiger partial charge in [0, 0.05) is 12.1 Å². The molecule has 1 saturated heterocycles. The smallest absolute Gasteiger partial charge is 0.237 e. The van der Waals surface area contributed by atoms with Crippen LogP contribution in [0.15, 0.2) is 0 Å². The van der Waals surface area contributed by atoms with Crippen molar-refractivity contribution in [2.24, 2.45) is 11.7 Å². The number of carbonyl (C=O) groups excluding carboxylic acids is 1. The summed E-state index contributed by atoms with van der Waals surface area (Å²) in [6, 6.07) is 1.34. The second-order valence-electron chi connectivity index (χ2n) is 7.37. The molecule has 3 aliphatic rings. The Bertz CT molecular complexity index is 380. The van der Waals surface area contributed by atoms with Crippen LogP contribution in [0.5, 0.6) is 0 Å². The van der Waals surface area contributed by atoms with E-state index in [0.29, 0.717) is 6.04 Å². The van der Waals surface area contributed by atoms with Crippen LogP contribution in [0.25, 0.3) is 0 Å². The number of primary amides is 1. The van der Waals surface area contributed by atoms with Gasteiger partial charge in [-0.1, -0.05) is 19.8 Å². The van der Waals surface area contributed by atoms with Gasteiger partial charge < -0.3 is 11.1 Å². The number of carbonyl (C=O) groups is 1. The number of nitrogens with zero attached hydrogens (tertiary/aromatic N) is 1. The van der Waals surface area contributed by atoms with Crippen LogP contribution in [0.2, 0.25) is 0 Å². The van der Waals surface area contributed by atoms with Gasteiger partial charge in [0.25, 0.3) is 0 Å². The number of nitrogens with two attached hydrogens (primary N) is 1. The average Bonchev–Trinajstić information content (AvgIpc) is 3.19. The van der Waals surface area contributed by atoms with E-state index in [4.69, 9.17) is 5.73 Å². The van der Waals surface area contributed by atoms with E-state index in [9.17, 15) is 4.79 Å². The maximum absolute atomic E-state index is 12.0. The van der Waals surface area contributed by atoms with Gasteiger partial charge in [0.1, 0.15) is 0 Å². The van der Waals surface area contributed by atoms with Crippen molar-refractivity contribution in [3.8, 4) is 0 Å². The van der Waals surface area contributed by atoms with Gasteiger partial charge in [0.15, 0.2) is 0 Å². The lowest BCUT2D eigenvalue weighted by molar-refractivity contribution is -0.124. The van der Waals surface area contributed by atoms with E-state index in [0.717, 1.165) is 37.8 Å². The lowest BCUT2D eigenvalue weighted by atomic mass is 9.93. The number of likely N-dealkylation sites (N-methyl/N-ethyl adjacent to an activating group) is 1. The third-order valence-electron chi connectivity index (χ3n) is 6.23. The summed E-state index contributed by atoms with van der Waals surface area (Å²) < 4.78 is 0. The topological polar surface area (TPSA) is 58.4 Å². The minimum atomic E-state index is -0.442. The molecule has 2 aliphatic carbocycles. The van der Waals surface area contributed by atoms with Gasteiger partial charge in [-0.25, -0.2) is 0 Å². The summed E-state index contributed by atoms with van der Waals surface area (Å²) in [6.07, 6.45) is 11.3. The zero-order chi connectivity index (χ0) is 14.9. The highest BCUT2D eigenvalue weighted by Gasteiger charge is 2.47. The van der Waals surface area contributed by atoms with Crippen molar-refractivity contribution >= 4 is 5.91 Å². The van der Waals surface area contributed by atoms with Gasteiger partial charge in [-0.2, -0.15) is 0 Å². The summed E-state index contributed by atoms with van der Waals surface area (Å²) in [5.74, 6) is 0.763. The minimum Gasteiger partial charge on any atom is -0.368 e. The minimum absolute atomic E-state index is 0.150. The molecule has 2 saturated carbocycles. The standard InChI is InChI=1S/C17H31N3O/c1-2-19-17(16(18)21)10-9-14(12-17)20-11-5-8-15(20)13-6-3-4-7-13/h13-15,19H,2-12H2,1H3,(H2,18,21). The van der Waals surface area contributed by atoms with Crippen molar-refractivity contribution < 1.29 is 4.79 Å². The van der Waals surface area contributed by atoms with Crippen molar-refractivity contribution in [2.75, 3.05) is 13.1 Å². The molecule has 1 amide bonds. The Hall–Kier alpha value is -0.610. The van der Waals surface area contributed by atoms with Crippen molar-refractivity contribution in [3.05, 3.63) is 0 Å². The quantitative estimate of drug-likeness (QED) is 0.815. The van der Waals surface area contributed by atoms with E-state index in [1.807, 2.05) is 0 Å². The summed E-state index contributed by atoms with van der Waals surface area (Å²) in [5.41, 5.74) is 5.27. The zero-order valence-electron chi connectivity index (χ0n) is 13.4. The molecule has 0 bridgehead atoms. The first-order chi connectivity index (χ1) is 10.2. The second-order valence-corrected chi connectivity index (χ2v) is 7.37. The molecule has 0 aromatic rings. The van der Waals surface area contributed by atoms with E-state index in [1.165, 1.54) is 45.1 Å². The first-order valence-electron chi connectivity index (χ1n) is 8.97. The van der Waals surface area contributed by atoms with Crippen molar-refractivity contribution in [1.29, 1.82) is 0 Å². The molecular weight excluding hydrogens is 262 g/mol. The van der Waals surface area contributed by atoms with E-state index >= 15 is 0 Å². The van der Waals surface area contributed by atoms with Crippen LogP contribution in [0.3, 0.4) is 0 Å². The molecule has 3 fully saturated rings. The van der Waals surface area contributed by atoms with Crippen LogP contribution >= 0.6 is 0 Å². The molecule has 0 aromatic heterocycles. The van der Waals surface area contributed by atoms with E-state index in [2.05, 4.69) is 17.1 Å². The summed E-state index contributed by atoms with van der Waals surface area (Å²) in [7, 11) is 0.